The highest BCUT2D eigenvalue weighted by atomic mass is 32.1. The maximum atomic E-state index is 13.6. The zero-order valence-corrected chi connectivity index (χ0v) is 19.5. The average Bonchev–Trinajstić information content (AvgIpc) is 3.44. The van der Waals surface area contributed by atoms with Gasteiger partial charge in [0.15, 0.2) is 17.2 Å². The van der Waals surface area contributed by atoms with Gasteiger partial charge in [0.2, 0.25) is 11.7 Å². The van der Waals surface area contributed by atoms with Gasteiger partial charge in [-0.25, -0.2) is 4.98 Å². The SMILES string of the molecule is CC(=O)N(C(CCCN=C(N)N)C(=O)c1nc2ccccc2s1)C(O)c1cc2ccccc2[nH]1. The summed E-state index contributed by atoms with van der Waals surface area (Å²) in [5, 5.41) is 12.4. The standard InChI is InChI=1S/C24H26N6O3S/c1-14(31)30(23(33)18-13-15-7-2-3-8-16(15)28-18)19(10-6-12-27-24(25)26)21(32)22-29-17-9-4-5-11-20(17)34-22/h2-5,7-9,11,13,19,23,28,33H,6,10,12H2,1H3,(H4,25,26,27). The van der Waals surface area contributed by atoms with Crippen molar-refractivity contribution in [3.8, 4) is 0 Å². The zero-order valence-electron chi connectivity index (χ0n) is 18.6. The van der Waals surface area contributed by atoms with Crippen molar-refractivity contribution in [3.05, 3.63) is 65.3 Å². The fourth-order valence-electron chi connectivity index (χ4n) is 3.96. The monoisotopic (exact) mass is 478 g/mol. The number of aromatic amines is 1. The number of aliphatic hydroxyl groups is 1. The largest absolute Gasteiger partial charge is 0.370 e. The van der Waals surface area contributed by atoms with Gasteiger partial charge in [0.1, 0.15) is 6.04 Å². The number of amides is 1. The molecule has 176 valence electrons. The third-order valence-electron chi connectivity index (χ3n) is 5.53. The lowest BCUT2D eigenvalue weighted by molar-refractivity contribution is -0.142. The summed E-state index contributed by atoms with van der Waals surface area (Å²) in [7, 11) is 0. The number of benzene rings is 2. The fraction of sp³-hybridized carbons (Fsp3) is 0.250. The summed E-state index contributed by atoms with van der Waals surface area (Å²) < 4.78 is 0.871. The summed E-state index contributed by atoms with van der Waals surface area (Å²) in [6.07, 6.45) is -0.665. The number of thiazole rings is 1. The molecule has 2 aromatic heterocycles. The molecule has 2 atom stereocenters. The van der Waals surface area contributed by atoms with E-state index < -0.39 is 18.2 Å². The molecule has 6 N–H and O–H groups in total. The molecular weight excluding hydrogens is 452 g/mol. The summed E-state index contributed by atoms with van der Waals surface area (Å²) in [5.74, 6) is -0.820. The zero-order chi connectivity index (χ0) is 24.2. The Hall–Kier alpha value is -3.76. The van der Waals surface area contributed by atoms with Gasteiger partial charge in [0, 0.05) is 19.0 Å². The molecule has 4 rings (SSSR count). The van der Waals surface area contributed by atoms with Gasteiger partial charge in [0.25, 0.3) is 0 Å². The van der Waals surface area contributed by atoms with Crippen LogP contribution in [-0.2, 0) is 4.79 Å². The number of aliphatic hydroxyl groups excluding tert-OH is 1. The van der Waals surface area contributed by atoms with E-state index >= 15 is 0 Å². The summed E-state index contributed by atoms with van der Waals surface area (Å²) >= 11 is 1.26. The third kappa shape index (κ3) is 4.92. The maximum Gasteiger partial charge on any atom is 0.222 e. The lowest BCUT2D eigenvalue weighted by Crippen LogP contribution is -2.46. The second kappa shape index (κ2) is 10.0. The van der Waals surface area contributed by atoms with Gasteiger partial charge in [-0.05, 0) is 42.5 Å². The van der Waals surface area contributed by atoms with Gasteiger partial charge >= 0.3 is 0 Å². The molecule has 9 nitrogen and oxygen atoms in total. The second-order valence-electron chi connectivity index (χ2n) is 7.93. The van der Waals surface area contributed by atoms with Gasteiger partial charge in [-0.3, -0.25) is 14.6 Å². The van der Waals surface area contributed by atoms with E-state index in [9.17, 15) is 14.7 Å². The topological polar surface area (TPSA) is 151 Å². The molecule has 2 aromatic carbocycles. The van der Waals surface area contributed by atoms with Crippen molar-refractivity contribution in [1.82, 2.24) is 14.9 Å². The minimum Gasteiger partial charge on any atom is -0.370 e. The van der Waals surface area contributed by atoms with Crippen LogP contribution in [0, 0.1) is 0 Å². The predicted octanol–water partition coefficient (Wildman–Crippen LogP) is 2.92. The molecule has 0 aliphatic heterocycles. The first-order valence-electron chi connectivity index (χ1n) is 10.8. The smallest absolute Gasteiger partial charge is 0.222 e. The molecule has 1 amide bonds. The molecule has 0 spiro atoms. The predicted molar refractivity (Wildman–Crippen MR) is 133 cm³/mol. The molecule has 2 unspecified atom stereocenters. The summed E-state index contributed by atoms with van der Waals surface area (Å²) in [6, 6.07) is 15.8. The van der Waals surface area contributed by atoms with E-state index in [0.717, 1.165) is 15.6 Å². The van der Waals surface area contributed by atoms with Crippen LogP contribution in [0.4, 0.5) is 0 Å². The van der Waals surface area contributed by atoms with Crippen molar-refractivity contribution < 1.29 is 14.7 Å². The molecule has 0 radical (unpaired) electrons. The molecule has 0 saturated carbocycles. The highest BCUT2D eigenvalue weighted by Gasteiger charge is 2.35. The van der Waals surface area contributed by atoms with E-state index in [1.165, 1.54) is 23.2 Å². The number of H-pyrrole nitrogens is 1. The fourth-order valence-corrected chi connectivity index (χ4v) is 4.91. The number of nitrogens with one attached hydrogen (secondary N) is 1. The van der Waals surface area contributed by atoms with Gasteiger partial charge in [0.05, 0.1) is 15.9 Å². The van der Waals surface area contributed by atoms with Crippen LogP contribution < -0.4 is 11.5 Å². The average molecular weight is 479 g/mol. The van der Waals surface area contributed by atoms with Crippen molar-refractivity contribution in [2.75, 3.05) is 6.54 Å². The molecule has 0 fully saturated rings. The minimum absolute atomic E-state index is 0.0458. The Morgan fingerprint density at radius 3 is 2.62 bits per heavy atom. The maximum absolute atomic E-state index is 13.6. The second-order valence-corrected chi connectivity index (χ2v) is 8.96. The Labute approximate surface area is 200 Å². The Kier molecular flexibility index (Phi) is 6.90. The normalized spacial score (nSPS) is 13.0. The van der Waals surface area contributed by atoms with E-state index in [0.29, 0.717) is 24.2 Å². The van der Waals surface area contributed by atoms with Gasteiger partial charge in [-0.2, -0.15) is 0 Å². The van der Waals surface area contributed by atoms with Crippen LogP contribution >= 0.6 is 11.3 Å². The number of aliphatic imine (C=N–C) groups is 1. The van der Waals surface area contributed by atoms with Gasteiger partial charge in [-0.1, -0.05) is 30.3 Å². The number of nitrogens with zero attached hydrogens (tertiary/aromatic N) is 3. The quantitative estimate of drug-likeness (QED) is 0.0955. The Bertz CT molecular complexity index is 1290. The first-order valence-corrected chi connectivity index (χ1v) is 11.7. The van der Waals surface area contributed by atoms with Crippen LogP contribution in [0.2, 0.25) is 0 Å². The number of nitrogens with two attached hydrogens (primary N) is 2. The van der Waals surface area contributed by atoms with Gasteiger partial charge in [-0.15, -0.1) is 11.3 Å². The number of para-hydroxylation sites is 2. The number of Topliss-reactive ketones (excluding diaryl/α,β-unsaturated/α-hetero) is 1. The summed E-state index contributed by atoms with van der Waals surface area (Å²) in [6.45, 7) is 1.63. The number of hydrogen-bond donors (Lipinski definition) is 4. The Balaban J connectivity index is 1.69. The number of rotatable bonds is 9. The molecule has 4 aromatic rings. The summed E-state index contributed by atoms with van der Waals surface area (Å²) in [4.78, 5) is 39.2. The van der Waals surface area contributed by atoms with E-state index in [1.54, 1.807) is 6.07 Å². The molecule has 0 saturated heterocycles. The van der Waals surface area contributed by atoms with Crippen molar-refractivity contribution >= 4 is 50.1 Å². The van der Waals surface area contributed by atoms with Crippen LogP contribution in [0.15, 0.2) is 59.6 Å². The highest BCUT2D eigenvalue weighted by Crippen LogP contribution is 2.29. The third-order valence-corrected chi connectivity index (χ3v) is 6.58. The van der Waals surface area contributed by atoms with Crippen molar-refractivity contribution in [3.63, 3.8) is 0 Å². The lowest BCUT2D eigenvalue weighted by atomic mass is 10.0. The number of carbonyl (C=O) groups is 2. The molecule has 0 bridgehead atoms. The first-order chi connectivity index (χ1) is 16.3. The van der Waals surface area contributed by atoms with Crippen molar-refractivity contribution in [2.24, 2.45) is 16.5 Å². The van der Waals surface area contributed by atoms with Crippen LogP contribution in [0.5, 0.6) is 0 Å². The Morgan fingerprint density at radius 2 is 1.91 bits per heavy atom. The number of ketones is 1. The van der Waals surface area contributed by atoms with E-state index in [1.807, 2.05) is 48.5 Å². The highest BCUT2D eigenvalue weighted by molar-refractivity contribution is 7.20. The molecule has 34 heavy (non-hydrogen) atoms. The van der Waals surface area contributed by atoms with Crippen LogP contribution in [0.3, 0.4) is 0 Å². The molecule has 2 heterocycles. The van der Waals surface area contributed by atoms with Crippen LogP contribution in [-0.4, -0.2) is 50.2 Å². The number of carbonyl (C=O) groups excluding carboxylic acids is 2. The number of fused-ring (bicyclic) bond motifs is 2. The molecular formula is C24H26N6O3S. The number of guanidine groups is 1. The van der Waals surface area contributed by atoms with E-state index in [2.05, 4.69) is 15.0 Å². The van der Waals surface area contributed by atoms with E-state index in [-0.39, 0.29) is 23.2 Å². The summed E-state index contributed by atoms with van der Waals surface area (Å²) in [5.41, 5.74) is 12.8. The van der Waals surface area contributed by atoms with Crippen LogP contribution in [0.1, 0.15) is 41.5 Å². The molecule has 0 aliphatic rings. The first kappa shape index (κ1) is 23.4. The van der Waals surface area contributed by atoms with Crippen molar-refractivity contribution in [2.45, 2.75) is 32.0 Å². The van der Waals surface area contributed by atoms with E-state index in [4.69, 9.17) is 11.5 Å². The van der Waals surface area contributed by atoms with Gasteiger partial charge < -0.3 is 26.5 Å². The number of hydrogen-bond acceptors (Lipinski definition) is 6. The Morgan fingerprint density at radius 1 is 1.18 bits per heavy atom. The van der Waals surface area contributed by atoms with Crippen LogP contribution in [0.25, 0.3) is 21.1 Å². The lowest BCUT2D eigenvalue weighted by Gasteiger charge is -2.33. The molecule has 10 heteroatoms. The minimum atomic E-state index is -1.35. The number of aromatic nitrogens is 2. The van der Waals surface area contributed by atoms with Crippen molar-refractivity contribution in [1.29, 1.82) is 0 Å². The molecule has 0 aliphatic carbocycles.